The average Bonchev–Trinajstić information content (AvgIpc) is 2.70. The second kappa shape index (κ2) is 4.63. The van der Waals surface area contributed by atoms with Gasteiger partial charge in [-0.15, -0.1) is 0 Å². The second-order valence-electron chi connectivity index (χ2n) is 3.96. The quantitative estimate of drug-likeness (QED) is 0.886. The Morgan fingerprint density at radius 2 is 2.12 bits per heavy atom. The smallest absolute Gasteiger partial charge is 0.159 e. The first-order valence-corrected chi connectivity index (χ1v) is 5.24. The fraction of sp³-hybridized carbons (Fsp3) is 0.250. The van der Waals surface area contributed by atoms with Gasteiger partial charge in [0.2, 0.25) is 0 Å². The Balaban J connectivity index is 2.16. The molecule has 0 amide bonds. The number of rotatable bonds is 3. The van der Waals surface area contributed by atoms with Crippen LogP contribution in [0.25, 0.3) is 0 Å². The summed E-state index contributed by atoms with van der Waals surface area (Å²) < 4.78 is 27.6. The molecule has 2 aromatic rings. The molecule has 1 atom stereocenters. The van der Waals surface area contributed by atoms with Crippen molar-refractivity contribution in [3.63, 3.8) is 0 Å². The van der Waals surface area contributed by atoms with Crippen LogP contribution in [0.2, 0.25) is 0 Å². The van der Waals surface area contributed by atoms with Crippen molar-refractivity contribution in [2.75, 3.05) is 0 Å². The van der Waals surface area contributed by atoms with Crippen molar-refractivity contribution >= 4 is 0 Å². The van der Waals surface area contributed by atoms with Gasteiger partial charge in [-0.2, -0.15) is 0 Å². The van der Waals surface area contributed by atoms with Crippen molar-refractivity contribution in [2.24, 2.45) is 12.8 Å². The zero-order valence-electron chi connectivity index (χ0n) is 9.40. The SMILES string of the molecule is Cn1ccnc1C(N)Cc1ccc(F)c(F)c1. The van der Waals surface area contributed by atoms with Crippen LogP contribution in [-0.4, -0.2) is 9.55 Å². The molecular formula is C12H13F2N3. The number of benzene rings is 1. The molecule has 1 heterocycles. The molecule has 1 aromatic heterocycles. The zero-order chi connectivity index (χ0) is 12.4. The molecule has 0 saturated carbocycles. The molecule has 0 radical (unpaired) electrons. The first-order valence-electron chi connectivity index (χ1n) is 5.24. The van der Waals surface area contributed by atoms with Crippen LogP contribution in [0.1, 0.15) is 17.4 Å². The van der Waals surface area contributed by atoms with Gasteiger partial charge in [0, 0.05) is 19.4 Å². The summed E-state index contributed by atoms with van der Waals surface area (Å²) >= 11 is 0. The second-order valence-corrected chi connectivity index (χ2v) is 3.96. The normalized spacial score (nSPS) is 12.7. The Morgan fingerprint density at radius 1 is 1.35 bits per heavy atom. The lowest BCUT2D eigenvalue weighted by Gasteiger charge is -2.11. The van der Waals surface area contributed by atoms with E-state index in [4.69, 9.17) is 5.73 Å². The first-order chi connectivity index (χ1) is 8.08. The van der Waals surface area contributed by atoms with Crippen LogP contribution in [0.15, 0.2) is 30.6 Å². The molecule has 0 spiro atoms. The molecule has 1 unspecified atom stereocenters. The van der Waals surface area contributed by atoms with E-state index in [0.29, 0.717) is 12.0 Å². The molecule has 0 saturated heterocycles. The summed E-state index contributed by atoms with van der Waals surface area (Å²) in [6, 6.07) is 3.47. The molecule has 1 aromatic carbocycles. The van der Waals surface area contributed by atoms with E-state index in [9.17, 15) is 8.78 Å². The first kappa shape index (κ1) is 11.7. The van der Waals surface area contributed by atoms with Gasteiger partial charge >= 0.3 is 0 Å². The van der Waals surface area contributed by atoms with Crippen molar-refractivity contribution in [3.8, 4) is 0 Å². The topological polar surface area (TPSA) is 43.8 Å². The third-order valence-corrected chi connectivity index (χ3v) is 2.63. The van der Waals surface area contributed by atoms with E-state index in [1.165, 1.54) is 6.07 Å². The fourth-order valence-electron chi connectivity index (χ4n) is 1.75. The highest BCUT2D eigenvalue weighted by Crippen LogP contribution is 2.16. The maximum Gasteiger partial charge on any atom is 0.159 e. The maximum absolute atomic E-state index is 13.0. The van der Waals surface area contributed by atoms with Crippen LogP contribution >= 0.6 is 0 Å². The fourth-order valence-corrected chi connectivity index (χ4v) is 1.75. The monoisotopic (exact) mass is 237 g/mol. The minimum absolute atomic E-state index is 0.333. The lowest BCUT2D eigenvalue weighted by Crippen LogP contribution is -2.17. The van der Waals surface area contributed by atoms with Gasteiger partial charge in [-0.25, -0.2) is 13.8 Å². The molecule has 2 rings (SSSR count). The molecule has 90 valence electrons. The molecule has 0 bridgehead atoms. The van der Waals surface area contributed by atoms with Gasteiger partial charge in [-0.1, -0.05) is 6.07 Å². The van der Waals surface area contributed by atoms with Crippen LogP contribution in [0.3, 0.4) is 0 Å². The number of hydrogen-bond donors (Lipinski definition) is 1. The molecule has 3 nitrogen and oxygen atoms in total. The molecule has 0 aliphatic rings. The highest BCUT2D eigenvalue weighted by Gasteiger charge is 2.12. The van der Waals surface area contributed by atoms with E-state index in [0.717, 1.165) is 18.0 Å². The molecule has 17 heavy (non-hydrogen) atoms. The molecule has 0 aliphatic heterocycles. The van der Waals surface area contributed by atoms with Gasteiger partial charge in [-0.3, -0.25) is 0 Å². The summed E-state index contributed by atoms with van der Waals surface area (Å²) in [5.41, 5.74) is 6.61. The number of nitrogens with two attached hydrogens (primary N) is 1. The summed E-state index contributed by atoms with van der Waals surface area (Å²) in [5, 5.41) is 0. The number of nitrogens with zero attached hydrogens (tertiary/aromatic N) is 2. The van der Waals surface area contributed by atoms with Crippen LogP contribution in [0, 0.1) is 11.6 Å². The largest absolute Gasteiger partial charge is 0.337 e. The highest BCUT2D eigenvalue weighted by atomic mass is 19.2. The Hall–Kier alpha value is -1.75. The third-order valence-electron chi connectivity index (χ3n) is 2.63. The van der Waals surface area contributed by atoms with Crippen LogP contribution in [0.4, 0.5) is 8.78 Å². The minimum atomic E-state index is -0.852. The van der Waals surface area contributed by atoms with E-state index in [2.05, 4.69) is 4.98 Å². The molecule has 0 aliphatic carbocycles. The van der Waals surface area contributed by atoms with Gasteiger partial charge in [0.05, 0.1) is 6.04 Å². The Kier molecular flexibility index (Phi) is 3.19. The summed E-state index contributed by atoms with van der Waals surface area (Å²) in [6.07, 6.45) is 3.86. The van der Waals surface area contributed by atoms with Crippen LogP contribution in [-0.2, 0) is 13.5 Å². The number of aromatic nitrogens is 2. The Labute approximate surface area is 97.9 Å². The van der Waals surface area contributed by atoms with Gasteiger partial charge in [0.25, 0.3) is 0 Å². The zero-order valence-corrected chi connectivity index (χ0v) is 9.40. The maximum atomic E-state index is 13.0. The standard InChI is InChI=1S/C12H13F2N3/c1-17-5-4-16-12(17)11(15)7-8-2-3-9(13)10(14)6-8/h2-6,11H,7,15H2,1H3. The number of aryl methyl sites for hydroxylation is 1. The van der Waals surface area contributed by atoms with E-state index in [1.54, 1.807) is 12.4 Å². The van der Waals surface area contributed by atoms with E-state index < -0.39 is 11.6 Å². The van der Waals surface area contributed by atoms with Gasteiger partial charge in [-0.05, 0) is 24.1 Å². The van der Waals surface area contributed by atoms with Crippen LogP contribution < -0.4 is 5.73 Å². The Morgan fingerprint density at radius 3 is 2.71 bits per heavy atom. The van der Waals surface area contributed by atoms with E-state index in [1.807, 2.05) is 11.6 Å². The lowest BCUT2D eigenvalue weighted by molar-refractivity contribution is 0.505. The predicted octanol–water partition coefficient (Wildman–Crippen LogP) is 1.94. The summed E-state index contributed by atoms with van der Waals surface area (Å²) in [7, 11) is 1.84. The molecule has 5 heteroatoms. The van der Waals surface area contributed by atoms with Gasteiger partial charge in [0.1, 0.15) is 5.82 Å². The van der Waals surface area contributed by atoms with E-state index in [-0.39, 0.29) is 6.04 Å². The number of imidazole rings is 1. The average molecular weight is 237 g/mol. The van der Waals surface area contributed by atoms with Crippen molar-refractivity contribution in [1.82, 2.24) is 9.55 Å². The Bertz CT molecular complexity index is 522. The molecule has 2 N–H and O–H groups in total. The van der Waals surface area contributed by atoms with Gasteiger partial charge in [0.15, 0.2) is 11.6 Å². The highest BCUT2D eigenvalue weighted by molar-refractivity contribution is 5.20. The van der Waals surface area contributed by atoms with Crippen LogP contribution in [0.5, 0.6) is 0 Å². The summed E-state index contributed by atoms with van der Waals surface area (Å²) in [4.78, 5) is 4.12. The number of halogens is 2. The summed E-state index contributed by atoms with van der Waals surface area (Å²) in [6.45, 7) is 0. The van der Waals surface area contributed by atoms with Crippen molar-refractivity contribution in [1.29, 1.82) is 0 Å². The molecular weight excluding hydrogens is 224 g/mol. The number of hydrogen-bond acceptors (Lipinski definition) is 2. The third kappa shape index (κ3) is 2.50. The molecule has 0 fully saturated rings. The van der Waals surface area contributed by atoms with Crippen molar-refractivity contribution in [2.45, 2.75) is 12.5 Å². The predicted molar refractivity (Wildman–Crippen MR) is 60.2 cm³/mol. The van der Waals surface area contributed by atoms with Crippen molar-refractivity contribution < 1.29 is 8.78 Å². The van der Waals surface area contributed by atoms with Gasteiger partial charge < -0.3 is 10.3 Å². The summed E-state index contributed by atoms with van der Waals surface area (Å²) in [5.74, 6) is -0.983. The van der Waals surface area contributed by atoms with E-state index >= 15 is 0 Å². The van der Waals surface area contributed by atoms with Crippen molar-refractivity contribution in [3.05, 3.63) is 53.6 Å². The minimum Gasteiger partial charge on any atom is -0.337 e. The lowest BCUT2D eigenvalue weighted by atomic mass is 10.1.